The lowest BCUT2D eigenvalue weighted by Gasteiger charge is -2.18. The Morgan fingerprint density at radius 3 is 2.38 bits per heavy atom. The lowest BCUT2D eigenvalue weighted by Crippen LogP contribution is -2.32. The van der Waals surface area contributed by atoms with Gasteiger partial charge in [-0.3, -0.25) is 19.7 Å². The molecule has 8 nitrogen and oxygen atoms in total. The third-order valence-corrected chi connectivity index (χ3v) is 4.96. The summed E-state index contributed by atoms with van der Waals surface area (Å²) in [6, 6.07) is 4.58. The number of anilines is 1. The summed E-state index contributed by atoms with van der Waals surface area (Å²) in [5, 5.41) is 14.1. The van der Waals surface area contributed by atoms with E-state index in [2.05, 4.69) is 5.32 Å². The Kier molecular flexibility index (Phi) is 5.70. The van der Waals surface area contributed by atoms with Crippen molar-refractivity contribution < 1.29 is 14.5 Å². The van der Waals surface area contributed by atoms with Gasteiger partial charge in [0.1, 0.15) is 5.69 Å². The van der Waals surface area contributed by atoms with Gasteiger partial charge in [0.15, 0.2) is 0 Å². The molecule has 140 valence electrons. The molecule has 0 bridgehead atoms. The van der Waals surface area contributed by atoms with Crippen molar-refractivity contribution >= 4 is 23.2 Å². The second-order valence-electron chi connectivity index (χ2n) is 6.75. The topological polar surface area (TPSA) is 95.8 Å². The van der Waals surface area contributed by atoms with Gasteiger partial charge in [0, 0.05) is 50.8 Å². The van der Waals surface area contributed by atoms with Gasteiger partial charge >= 0.3 is 0 Å². The molecule has 1 N–H and O–H groups in total. The second kappa shape index (κ2) is 8.16. The van der Waals surface area contributed by atoms with Gasteiger partial charge in [0.05, 0.1) is 4.92 Å². The van der Waals surface area contributed by atoms with Crippen LogP contribution in [-0.2, 0) is 4.79 Å². The van der Waals surface area contributed by atoms with Crippen LogP contribution in [0.1, 0.15) is 42.5 Å². The van der Waals surface area contributed by atoms with E-state index in [1.165, 1.54) is 6.07 Å². The van der Waals surface area contributed by atoms with Crippen molar-refractivity contribution in [3.63, 3.8) is 0 Å². The molecule has 2 fully saturated rings. The molecule has 26 heavy (non-hydrogen) atoms. The van der Waals surface area contributed by atoms with E-state index in [9.17, 15) is 19.7 Å². The van der Waals surface area contributed by atoms with Crippen molar-refractivity contribution in [3.8, 4) is 0 Å². The summed E-state index contributed by atoms with van der Waals surface area (Å²) in [4.78, 5) is 39.0. The van der Waals surface area contributed by atoms with Gasteiger partial charge in [-0.1, -0.05) is 0 Å². The van der Waals surface area contributed by atoms with Crippen molar-refractivity contribution in [2.45, 2.75) is 32.1 Å². The molecule has 3 rings (SSSR count). The first kappa shape index (κ1) is 18.2. The zero-order valence-electron chi connectivity index (χ0n) is 14.8. The van der Waals surface area contributed by atoms with Crippen LogP contribution in [0.2, 0.25) is 0 Å². The van der Waals surface area contributed by atoms with E-state index >= 15 is 0 Å². The number of carbonyl (C=O) groups excluding carboxylic acids is 2. The first-order valence-corrected chi connectivity index (χ1v) is 9.15. The second-order valence-corrected chi connectivity index (χ2v) is 6.75. The zero-order chi connectivity index (χ0) is 18.5. The van der Waals surface area contributed by atoms with Crippen molar-refractivity contribution in [1.82, 2.24) is 10.2 Å². The highest BCUT2D eigenvalue weighted by atomic mass is 16.6. The van der Waals surface area contributed by atoms with Crippen LogP contribution in [0.25, 0.3) is 0 Å². The average Bonchev–Trinajstić information content (AvgIpc) is 3.34. The number of hydrogen-bond acceptors (Lipinski definition) is 5. The summed E-state index contributed by atoms with van der Waals surface area (Å²) in [7, 11) is 0. The van der Waals surface area contributed by atoms with E-state index in [0.29, 0.717) is 5.69 Å². The highest BCUT2D eigenvalue weighted by Crippen LogP contribution is 2.31. The number of rotatable bonds is 6. The fourth-order valence-electron chi connectivity index (χ4n) is 3.55. The van der Waals surface area contributed by atoms with Crippen molar-refractivity contribution in [1.29, 1.82) is 0 Å². The number of amides is 2. The molecule has 0 unspecified atom stereocenters. The van der Waals surface area contributed by atoms with Crippen LogP contribution in [0.3, 0.4) is 0 Å². The lowest BCUT2D eigenvalue weighted by molar-refractivity contribution is -0.384. The van der Waals surface area contributed by atoms with Crippen LogP contribution in [0.5, 0.6) is 0 Å². The summed E-state index contributed by atoms with van der Waals surface area (Å²) in [6.45, 7) is 3.40. The number of nitro groups is 1. The van der Waals surface area contributed by atoms with E-state index in [1.807, 2.05) is 9.80 Å². The Labute approximate surface area is 152 Å². The average molecular weight is 360 g/mol. The Bertz CT molecular complexity index is 694. The lowest BCUT2D eigenvalue weighted by atomic mass is 10.1. The van der Waals surface area contributed by atoms with E-state index in [-0.39, 0.29) is 30.1 Å². The van der Waals surface area contributed by atoms with E-state index in [1.54, 1.807) is 12.1 Å². The molecule has 0 saturated carbocycles. The van der Waals surface area contributed by atoms with Crippen LogP contribution < -0.4 is 10.2 Å². The molecule has 0 aromatic heterocycles. The van der Waals surface area contributed by atoms with E-state index < -0.39 is 10.8 Å². The molecular weight excluding hydrogens is 336 g/mol. The van der Waals surface area contributed by atoms with Gasteiger partial charge in [-0.15, -0.1) is 0 Å². The SMILES string of the molecule is O=C(NCCC(=O)N1CCCC1)c1ccc(N2CCCC2)c([N+](=O)[O-])c1. The number of hydrogen-bond donors (Lipinski definition) is 1. The molecule has 0 spiro atoms. The minimum absolute atomic E-state index is 0.0400. The summed E-state index contributed by atoms with van der Waals surface area (Å²) in [6.07, 6.45) is 4.35. The number of likely N-dealkylation sites (tertiary alicyclic amines) is 1. The van der Waals surface area contributed by atoms with Crippen LogP contribution in [0.15, 0.2) is 18.2 Å². The Hall–Kier alpha value is -2.64. The standard InChI is InChI=1S/C18H24N4O4/c23-17(21-11-3-4-12-21)7-8-19-18(24)14-5-6-15(16(13-14)22(25)26)20-9-1-2-10-20/h5-6,13H,1-4,7-12H2,(H,19,24). The number of benzene rings is 1. The van der Waals surface area contributed by atoms with Gasteiger partial charge < -0.3 is 15.1 Å². The fourth-order valence-corrected chi connectivity index (χ4v) is 3.55. The summed E-state index contributed by atoms with van der Waals surface area (Å²) in [5.41, 5.74) is 0.759. The highest BCUT2D eigenvalue weighted by Gasteiger charge is 2.24. The van der Waals surface area contributed by atoms with Crippen LogP contribution in [0, 0.1) is 10.1 Å². The van der Waals surface area contributed by atoms with E-state index in [4.69, 9.17) is 0 Å². The smallest absolute Gasteiger partial charge is 0.293 e. The third kappa shape index (κ3) is 4.12. The highest BCUT2D eigenvalue weighted by molar-refractivity contribution is 5.96. The molecule has 8 heteroatoms. The molecule has 2 saturated heterocycles. The molecular formula is C18H24N4O4. The molecule has 0 aliphatic carbocycles. The predicted molar refractivity (Wildman–Crippen MR) is 97.3 cm³/mol. The van der Waals surface area contributed by atoms with E-state index in [0.717, 1.165) is 51.9 Å². The largest absolute Gasteiger partial charge is 0.366 e. The maximum atomic E-state index is 12.3. The van der Waals surface area contributed by atoms with Crippen LogP contribution in [-0.4, -0.2) is 54.4 Å². The van der Waals surface area contributed by atoms with Crippen molar-refractivity contribution in [2.75, 3.05) is 37.6 Å². The zero-order valence-corrected chi connectivity index (χ0v) is 14.8. The van der Waals surface area contributed by atoms with Crippen LogP contribution >= 0.6 is 0 Å². The molecule has 0 radical (unpaired) electrons. The molecule has 2 aliphatic rings. The maximum Gasteiger partial charge on any atom is 0.293 e. The summed E-state index contributed by atoms with van der Waals surface area (Å²) < 4.78 is 0. The first-order valence-electron chi connectivity index (χ1n) is 9.15. The van der Waals surface area contributed by atoms with Crippen LogP contribution in [0.4, 0.5) is 11.4 Å². The molecule has 2 heterocycles. The molecule has 2 amide bonds. The molecule has 0 atom stereocenters. The van der Waals surface area contributed by atoms with Gasteiger partial charge in [-0.25, -0.2) is 0 Å². The number of nitro benzene ring substituents is 1. The predicted octanol–water partition coefficient (Wildman–Crippen LogP) is 1.94. The van der Waals surface area contributed by atoms with Gasteiger partial charge in [0.25, 0.3) is 11.6 Å². The minimum Gasteiger partial charge on any atom is -0.366 e. The fraction of sp³-hybridized carbons (Fsp3) is 0.556. The monoisotopic (exact) mass is 360 g/mol. The minimum atomic E-state index is -0.443. The summed E-state index contributed by atoms with van der Waals surface area (Å²) in [5.74, 6) is -0.353. The van der Waals surface area contributed by atoms with Gasteiger partial charge in [0.2, 0.25) is 5.91 Å². The quantitative estimate of drug-likeness (QED) is 0.618. The molecule has 1 aromatic carbocycles. The number of nitrogens with one attached hydrogen (secondary N) is 1. The Morgan fingerprint density at radius 2 is 1.73 bits per heavy atom. The van der Waals surface area contributed by atoms with Gasteiger partial charge in [-0.2, -0.15) is 0 Å². The van der Waals surface area contributed by atoms with Gasteiger partial charge in [-0.05, 0) is 37.8 Å². The number of nitrogens with zero attached hydrogens (tertiary/aromatic N) is 3. The molecule has 2 aliphatic heterocycles. The number of carbonyl (C=O) groups is 2. The summed E-state index contributed by atoms with van der Waals surface area (Å²) >= 11 is 0. The Balaban J connectivity index is 1.60. The molecule has 1 aromatic rings. The normalized spacial score (nSPS) is 16.8. The van der Waals surface area contributed by atoms with Crippen molar-refractivity contribution in [3.05, 3.63) is 33.9 Å². The maximum absolute atomic E-state index is 12.3. The first-order chi connectivity index (χ1) is 12.6. The third-order valence-electron chi connectivity index (χ3n) is 4.96. The Morgan fingerprint density at radius 1 is 1.08 bits per heavy atom. The van der Waals surface area contributed by atoms with Crippen molar-refractivity contribution in [2.24, 2.45) is 0 Å².